The van der Waals surface area contributed by atoms with Crippen molar-refractivity contribution in [1.82, 2.24) is 0 Å². The Bertz CT molecular complexity index is 576. The maximum atomic E-state index is 5.45. The van der Waals surface area contributed by atoms with E-state index in [1.54, 1.807) is 7.11 Å². The van der Waals surface area contributed by atoms with Gasteiger partial charge < -0.3 is 10.1 Å². The third-order valence-electron chi connectivity index (χ3n) is 3.74. The van der Waals surface area contributed by atoms with E-state index in [0.717, 1.165) is 11.4 Å². The fraction of sp³-hybridized carbons (Fsp3) is 0.375. The second-order valence-electron chi connectivity index (χ2n) is 5.09. The van der Waals surface area contributed by atoms with Crippen LogP contribution in [0.15, 0.2) is 29.6 Å². The van der Waals surface area contributed by atoms with Crippen molar-refractivity contribution in [1.29, 1.82) is 0 Å². The zero-order chi connectivity index (χ0) is 13.2. The molecule has 1 aliphatic carbocycles. The summed E-state index contributed by atoms with van der Waals surface area (Å²) in [5.41, 5.74) is 3.83. The SMILES string of the molecule is COc1ccc(C)cc1NC1CCCc2sccc21. The molecule has 1 N–H and O–H groups in total. The number of hydrogen-bond donors (Lipinski definition) is 1. The van der Waals surface area contributed by atoms with E-state index < -0.39 is 0 Å². The van der Waals surface area contributed by atoms with E-state index in [1.165, 1.54) is 35.3 Å². The number of aryl methyl sites for hydroxylation is 2. The number of thiophene rings is 1. The molecular formula is C16H19NOS. The molecule has 0 spiro atoms. The third-order valence-corrected chi connectivity index (χ3v) is 4.73. The number of rotatable bonds is 3. The van der Waals surface area contributed by atoms with E-state index in [9.17, 15) is 0 Å². The third kappa shape index (κ3) is 2.47. The number of nitrogens with one attached hydrogen (secondary N) is 1. The highest BCUT2D eigenvalue weighted by atomic mass is 32.1. The van der Waals surface area contributed by atoms with Crippen LogP contribution in [-0.2, 0) is 6.42 Å². The highest BCUT2D eigenvalue weighted by Crippen LogP contribution is 2.37. The van der Waals surface area contributed by atoms with E-state index in [1.807, 2.05) is 17.4 Å². The van der Waals surface area contributed by atoms with Gasteiger partial charge in [0.25, 0.3) is 0 Å². The Labute approximate surface area is 118 Å². The first-order valence-electron chi connectivity index (χ1n) is 6.75. The van der Waals surface area contributed by atoms with Crippen molar-refractivity contribution >= 4 is 17.0 Å². The number of ether oxygens (including phenoxy) is 1. The van der Waals surface area contributed by atoms with Gasteiger partial charge in [0.05, 0.1) is 18.8 Å². The number of fused-ring (bicyclic) bond motifs is 1. The van der Waals surface area contributed by atoms with Gasteiger partial charge in [-0.25, -0.2) is 0 Å². The first kappa shape index (κ1) is 12.5. The number of benzene rings is 1. The van der Waals surface area contributed by atoms with Crippen molar-refractivity contribution in [2.75, 3.05) is 12.4 Å². The molecule has 0 saturated carbocycles. The molecule has 1 atom stereocenters. The highest BCUT2D eigenvalue weighted by Gasteiger charge is 2.21. The lowest BCUT2D eigenvalue weighted by atomic mass is 9.93. The maximum Gasteiger partial charge on any atom is 0.141 e. The Balaban J connectivity index is 1.89. The van der Waals surface area contributed by atoms with Gasteiger partial charge in [-0.1, -0.05) is 6.07 Å². The first-order valence-corrected chi connectivity index (χ1v) is 7.63. The molecule has 0 saturated heterocycles. The standard InChI is InChI=1S/C16H19NOS/c1-11-6-7-15(18-2)14(10-11)17-13-4-3-5-16-12(13)8-9-19-16/h6-10,13,17H,3-5H2,1-2H3. The molecule has 2 aromatic rings. The highest BCUT2D eigenvalue weighted by molar-refractivity contribution is 7.10. The summed E-state index contributed by atoms with van der Waals surface area (Å²) in [4.78, 5) is 1.54. The van der Waals surface area contributed by atoms with Crippen LogP contribution in [0.4, 0.5) is 5.69 Å². The molecule has 0 amide bonds. The van der Waals surface area contributed by atoms with E-state index >= 15 is 0 Å². The Kier molecular flexibility index (Phi) is 3.47. The molecule has 0 aliphatic heterocycles. The Morgan fingerprint density at radius 1 is 1.32 bits per heavy atom. The Morgan fingerprint density at radius 3 is 3.05 bits per heavy atom. The lowest BCUT2D eigenvalue weighted by Gasteiger charge is -2.25. The van der Waals surface area contributed by atoms with E-state index in [0.29, 0.717) is 6.04 Å². The minimum atomic E-state index is 0.422. The molecule has 100 valence electrons. The van der Waals surface area contributed by atoms with Gasteiger partial charge in [0.15, 0.2) is 0 Å². The van der Waals surface area contributed by atoms with Crippen LogP contribution in [0.2, 0.25) is 0 Å². The Morgan fingerprint density at radius 2 is 2.21 bits per heavy atom. The largest absolute Gasteiger partial charge is 0.495 e. The topological polar surface area (TPSA) is 21.3 Å². The van der Waals surface area contributed by atoms with E-state index in [4.69, 9.17) is 4.74 Å². The van der Waals surface area contributed by atoms with Gasteiger partial charge in [-0.05, 0) is 60.9 Å². The van der Waals surface area contributed by atoms with E-state index in [-0.39, 0.29) is 0 Å². The van der Waals surface area contributed by atoms with Crippen molar-refractivity contribution in [2.45, 2.75) is 32.2 Å². The molecule has 1 aromatic heterocycles. The van der Waals surface area contributed by atoms with Crippen molar-refractivity contribution in [3.05, 3.63) is 45.6 Å². The van der Waals surface area contributed by atoms with Crippen LogP contribution in [0.3, 0.4) is 0 Å². The summed E-state index contributed by atoms with van der Waals surface area (Å²) in [7, 11) is 1.73. The van der Waals surface area contributed by atoms with Gasteiger partial charge in [-0.3, -0.25) is 0 Å². The van der Waals surface area contributed by atoms with Crippen molar-refractivity contribution < 1.29 is 4.74 Å². The molecule has 1 heterocycles. The van der Waals surface area contributed by atoms with Gasteiger partial charge in [-0.2, -0.15) is 0 Å². The summed E-state index contributed by atoms with van der Waals surface area (Å²) in [6.45, 7) is 2.11. The normalized spacial score (nSPS) is 17.9. The molecule has 19 heavy (non-hydrogen) atoms. The van der Waals surface area contributed by atoms with Crippen LogP contribution < -0.4 is 10.1 Å². The second-order valence-corrected chi connectivity index (χ2v) is 6.09. The van der Waals surface area contributed by atoms with Crippen LogP contribution in [0, 0.1) is 6.92 Å². The predicted molar refractivity (Wildman–Crippen MR) is 81.4 cm³/mol. The average molecular weight is 273 g/mol. The van der Waals surface area contributed by atoms with Gasteiger partial charge in [0.2, 0.25) is 0 Å². The fourth-order valence-electron chi connectivity index (χ4n) is 2.76. The molecule has 0 bridgehead atoms. The minimum Gasteiger partial charge on any atom is -0.495 e. The molecule has 3 heteroatoms. The number of hydrogen-bond acceptors (Lipinski definition) is 3. The molecule has 1 aliphatic rings. The van der Waals surface area contributed by atoms with Crippen LogP contribution >= 0.6 is 11.3 Å². The molecule has 3 rings (SSSR count). The summed E-state index contributed by atoms with van der Waals surface area (Å²) >= 11 is 1.88. The van der Waals surface area contributed by atoms with Crippen molar-refractivity contribution in [3.8, 4) is 5.75 Å². The zero-order valence-electron chi connectivity index (χ0n) is 11.4. The van der Waals surface area contributed by atoms with Crippen molar-refractivity contribution in [3.63, 3.8) is 0 Å². The quantitative estimate of drug-likeness (QED) is 0.885. The summed E-state index contributed by atoms with van der Waals surface area (Å²) in [5, 5.41) is 5.87. The van der Waals surface area contributed by atoms with Crippen LogP contribution in [-0.4, -0.2) is 7.11 Å². The molecule has 1 unspecified atom stereocenters. The summed E-state index contributed by atoms with van der Waals surface area (Å²) in [6.07, 6.45) is 3.69. The first-order chi connectivity index (χ1) is 9.28. The van der Waals surface area contributed by atoms with Crippen LogP contribution in [0.25, 0.3) is 0 Å². The van der Waals surface area contributed by atoms with Gasteiger partial charge in [0.1, 0.15) is 5.75 Å². The summed E-state index contributed by atoms with van der Waals surface area (Å²) in [6, 6.07) is 8.97. The predicted octanol–water partition coefficient (Wildman–Crippen LogP) is 4.55. The Hall–Kier alpha value is -1.48. The average Bonchev–Trinajstić information content (AvgIpc) is 2.88. The summed E-state index contributed by atoms with van der Waals surface area (Å²) < 4.78 is 5.45. The second kappa shape index (κ2) is 5.25. The zero-order valence-corrected chi connectivity index (χ0v) is 12.2. The molecule has 2 nitrogen and oxygen atoms in total. The lowest BCUT2D eigenvalue weighted by Crippen LogP contribution is -2.16. The van der Waals surface area contributed by atoms with Crippen molar-refractivity contribution in [2.24, 2.45) is 0 Å². The lowest BCUT2D eigenvalue weighted by molar-refractivity contribution is 0.415. The smallest absolute Gasteiger partial charge is 0.141 e. The van der Waals surface area contributed by atoms with Crippen LogP contribution in [0.1, 0.15) is 34.9 Å². The maximum absolute atomic E-state index is 5.45. The molecular weight excluding hydrogens is 254 g/mol. The van der Waals surface area contributed by atoms with Gasteiger partial charge >= 0.3 is 0 Å². The van der Waals surface area contributed by atoms with Gasteiger partial charge in [-0.15, -0.1) is 11.3 Å². The van der Waals surface area contributed by atoms with Crippen LogP contribution in [0.5, 0.6) is 5.75 Å². The molecule has 0 radical (unpaired) electrons. The molecule has 0 fully saturated rings. The monoisotopic (exact) mass is 273 g/mol. The van der Waals surface area contributed by atoms with Gasteiger partial charge in [0, 0.05) is 4.88 Å². The summed E-state index contributed by atoms with van der Waals surface area (Å²) in [5.74, 6) is 0.924. The minimum absolute atomic E-state index is 0.422. The fourth-order valence-corrected chi connectivity index (χ4v) is 3.75. The number of methoxy groups -OCH3 is 1. The number of anilines is 1. The van der Waals surface area contributed by atoms with E-state index in [2.05, 4.69) is 35.8 Å². The molecule has 1 aromatic carbocycles.